The van der Waals surface area contributed by atoms with Gasteiger partial charge in [-0.05, 0) is 56.5 Å². The van der Waals surface area contributed by atoms with E-state index < -0.39 is 0 Å². The van der Waals surface area contributed by atoms with Crippen LogP contribution < -0.4 is 10.9 Å². The van der Waals surface area contributed by atoms with Crippen molar-refractivity contribution in [2.24, 2.45) is 5.92 Å². The Morgan fingerprint density at radius 1 is 1.47 bits per heavy atom. The van der Waals surface area contributed by atoms with Crippen LogP contribution in [0.2, 0.25) is 0 Å². The molecular formula is C15H19N3O. The molecule has 0 spiro atoms. The quantitative estimate of drug-likeness (QED) is 0.891. The van der Waals surface area contributed by atoms with Gasteiger partial charge in [-0.25, -0.2) is 4.98 Å². The summed E-state index contributed by atoms with van der Waals surface area (Å²) < 4.78 is 1.76. The molecule has 3 rings (SSSR count). The Bertz CT molecular complexity index is 641. The van der Waals surface area contributed by atoms with E-state index in [2.05, 4.69) is 10.3 Å². The summed E-state index contributed by atoms with van der Waals surface area (Å²) >= 11 is 0. The van der Waals surface area contributed by atoms with Crippen LogP contribution in [-0.4, -0.2) is 22.6 Å². The summed E-state index contributed by atoms with van der Waals surface area (Å²) in [5, 5.41) is 4.10. The second-order valence-electron chi connectivity index (χ2n) is 5.44. The molecule has 4 heteroatoms. The zero-order valence-corrected chi connectivity index (χ0v) is 11.2. The van der Waals surface area contributed by atoms with Crippen LogP contribution in [0.3, 0.4) is 0 Å². The minimum absolute atomic E-state index is 0.0792. The van der Waals surface area contributed by atoms with E-state index in [0.29, 0.717) is 5.92 Å². The predicted octanol–water partition coefficient (Wildman–Crippen LogP) is 1.70. The van der Waals surface area contributed by atoms with E-state index in [1.165, 1.54) is 12.8 Å². The first-order valence-corrected chi connectivity index (χ1v) is 6.90. The Morgan fingerprint density at radius 3 is 3.16 bits per heavy atom. The second kappa shape index (κ2) is 5.13. The fraction of sp³-hybridized carbons (Fsp3) is 0.467. The molecule has 100 valence electrons. The fourth-order valence-electron chi connectivity index (χ4n) is 2.76. The van der Waals surface area contributed by atoms with Crippen molar-refractivity contribution >= 4 is 10.9 Å². The van der Waals surface area contributed by atoms with Crippen molar-refractivity contribution in [3.05, 3.63) is 40.4 Å². The first kappa shape index (κ1) is 12.4. The van der Waals surface area contributed by atoms with E-state index in [1.807, 2.05) is 25.1 Å². The third-order valence-electron chi connectivity index (χ3n) is 3.83. The number of nitrogens with one attached hydrogen (secondary N) is 1. The molecule has 1 aliphatic rings. The molecule has 2 heterocycles. The molecule has 0 saturated carbocycles. The van der Waals surface area contributed by atoms with E-state index in [-0.39, 0.29) is 5.56 Å². The number of nitrogens with zero attached hydrogens (tertiary/aromatic N) is 2. The van der Waals surface area contributed by atoms with Crippen molar-refractivity contribution < 1.29 is 0 Å². The molecule has 1 aliphatic heterocycles. The van der Waals surface area contributed by atoms with Gasteiger partial charge in [0.15, 0.2) is 0 Å². The van der Waals surface area contributed by atoms with Gasteiger partial charge in [0.05, 0.1) is 17.2 Å². The van der Waals surface area contributed by atoms with Crippen LogP contribution in [0.15, 0.2) is 29.3 Å². The topological polar surface area (TPSA) is 46.9 Å². The summed E-state index contributed by atoms with van der Waals surface area (Å²) in [6.45, 7) is 4.88. The predicted molar refractivity (Wildman–Crippen MR) is 76.3 cm³/mol. The van der Waals surface area contributed by atoms with Gasteiger partial charge in [-0.3, -0.25) is 9.36 Å². The molecule has 1 aromatic heterocycles. The van der Waals surface area contributed by atoms with E-state index in [9.17, 15) is 4.79 Å². The maximum atomic E-state index is 12.4. The smallest absolute Gasteiger partial charge is 0.261 e. The summed E-state index contributed by atoms with van der Waals surface area (Å²) in [6, 6.07) is 5.82. The van der Waals surface area contributed by atoms with Crippen LogP contribution >= 0.6 is 0 Å². The van der Waals surface area contributed by atoms with Gasteiger partial charge in [0.2, 0.25) is 0 Å². The van der Waals surface area contributed by atoms with E-state index in [0.717, 1.165) is 36.1 Å². The van der Waals surface area contributed by atoms with Crippen LogP contribution in [0, 0.1) is 12.8 Å². The first-order chi connectivity index (χ1) is 9.24. The summed E-state index contributed by atoms with van der Waals surface area (Å²) in [7, 11) is 0. The molecule has 0 radical (unpaired) electrons. The maximum Gasteiger partial charge on any atom is 0.261 e. The highest BCUT2D eigenvalue weighted by atomic mass is 16.1. The Kier molecular flexibility index (Phi) is 3.34. The maximum absolute atomic E-state index is 12.4. The van der Waals surface area contributed by atoms with E-state index in [4.69, 9.17) is 0 Å². The Hall–Kier alpha value is -1.68. The lowest BCUT2D eigenvalue weighted by Gasteiger charge is -2.23. The minimum Gasteiger partial charge on any atom is -0.316 e. The number of benzene rings is 1. The highest BCUT2D eigenvalue weighted by Crippen LogP contribution is 2.13. The molecule has 1 atom stereocenters. The number of aryl methyl sites for hydroxylation is 1. The van der Waals surface area contributed by atoms with Gasteiger partial charge in [0.25, 0.3) is 5.56 Å². The zero-order chi connectivity index (χ0) is 13.2. The second-order valence-corrected chi connectivity index (χ2v) is 5.44. The molecule has 0 bridgehead atoms. The lowest BCUT2D eigenvalue weighted by molar-refractivity contribution is 0.333. The molecular weight excluding hydrogens is 238 g/mol. The van der Waals surface area contributed by atoms with Crippen LogP contribution in [0.4, 0.5) is 0 Å². The monoisotopic (exact) mass is 257 g/mol. The van der Waals surface area contributed by atoms with Crippen molar-refractivity contribution in [2.45, 2.75) is 26.3 Å². The summed E-state index contributed by atoms with van der Waals surface area (Å²) in [4.78, 5) is 16.8. The molecule has 1 fully saturated rings. The minimum atomic E-state index is 0.0792. The van der Waals surface area contributed by atoms with Gasteiger partial charge in [-0.15, -0.1) is 0 Å². The summed E-state index contributed by atoms with van der Waals surface area (Å²) in [5.41, 5.74) is 2.01. The van der Waals surface area contributed by atoms with Gasteiger partial charge in [-0.2, -0.15) is 0 Å². The van der Waals surface area contributed by atoms with Crippen LogP contribution in [0.1, 0.15) is 18.4 Å². The van der Waals surface area contributed by atoms with Crippen molar-refractivity contribution in [3.63, 3.8) is 0 Å². The molecule has 2 aromatic rings. The average Bonchev–Trinajstić information content (AvgIpc) is 2.43. The number of rotatable bonds is 2. The fourth-order valence-corrected chi connectivity index (χ4v) is 2.76. The van der Waals surface area contributed by atoms with Crippen LogP contribution in [0.5, 0.6) is 0 Å². The third kappa shape index (κ3) is 2.54. The number of hydrogen-bond donors (Lipinski definition) is 1. The van der Waals surface area contributed by atoms with Gasteiger partial charge >= 0.3 is 0 Å². The number of piperidine rings is 1. The lowest BCUT2D eigenvalue weighted by atomic mass is 10.00. The van der Waals surface area contributed by atoms with Crippen molar-refractivity contribution in [2.75, 3.05) is 13.1 Å². The van der Waals surface area contributed by atoms with Crippen molar-refractivity contribution in [1.82, 2.24) is 14.9 Å². The molecule has 0 amide bonds. The normalized spacial score (nSPS) is 19.7. The van der Waals surface area contributed by atoms with Gasteiger partial charge in [0.1, 0.15) is 0 Å². The number of aromatic nitrogens is 2. The molecule has 19 heavy (non-hydrogen) atoms. The standard InChI is InChI=1S/C15H19N3O/c1-11-4-5-13-14(7-11)17-10-18(15(13)19)9-12-3-2-6-16-8-12/h4-5,7,10,12,16H,2-3,6,8-9H2,1H3. The Balaban J connectivity index is 1.93. The largest absolute Gasteiger partial charge is 0.316 e. The molecule has 1 unspecified atom stereocenters. The average molecular weight is 257 g/mol. The Morgan fingerprint density at radius 2 is 2.37 bits per heavy atom. The van der Waals surface area contributed by atoms with E-state index in [1.54, 1.807) is 10.9 Å². The van der Waals surface area contributed by atoms with E-state index >= 15 is 0 Å². The van der Waals surface area contributed by atoms with Gasteiger partial charge in [-0.1, -0.05) is 6.07 Å². The van der Waals surface area contributed by atoms with Crippen molar-refractivity contribution in [3.8, 4) is 0 Å². The first-order valence-electron chi connectivity index (χ1n) is 6.90. The lowest BCUT2D eigenvalue weighted by Crippen LogP contribution is -2.34. The summed E-state index contributed by atoms with van der Waals surface area (Å²) in [5.74, 6) is 0.538. The molecule has 0 aliphatic carbocycles. The van der Waals surface area contributed by atoms with Crippen molar-refractivity contribution in [1.29, 1.82) is 0 Å². The number of hydrogen-bond acceptors (Lipinski definition) is 3. The third-order valence-corrected chi connectivity index (χ3v) is 3.83. The number of fused-ring (bicyclic) bond motifs is 1. The molecule has 1 saturated heterocycles. The SMILES string of the molecule is Cc1ccc2c(=O)n(CC3CCCNC3)cnc2c1. The highest BCUT2D eigenvalue weighted by Gasteiger charge is 2.14. The molecule has 4 nitrogen and oxygen atoms in total. The van der Waals surface area contributed by atoms with Gasteiger partial charge < -0.3 is 5.32 Å². The summed E-state index contributed by atoms with van der Waals surface area (Å²) in [6.07, 6.45) is 4.07. The molecule has 1 aromatic carbocycles. The zero-order valence-electron chi connectivity index (χ0n) is 11.2. The van der Waals surface area contributed by atoms with Crippen LogP contribution in [-0.2, 0) is 6.54 Å². The highest BCUT2D eigenvalue weighted by molar-refractivity contribution is 5.77. The van der Waals surface area contributed by atoms with Crippen LogP contribution in [0.25, 0.3) is 10.9 Å². The molecule has 1 N–H and O–H groups in total. The van der Waals surface area contributed by atoms with Gasteiger partial charge in [0, 0.05) is 6.54 Å². The Labute approximate surface area is 112 Å².